The van der Waals surface area contributed by atoms with Crippen LogP contribution in [0.1, 0.15) is 52.5 Å². The number of carbonyl (C=O) groups excluding carboxylic acids is 2. The monoisotopic (exact) mass is 342 g/mol. The molecule has 0 N–H and O–H groups in total. The molecule has 2 aliphatic rings. The minimum atomic E-state index is -0.194. The van der Waals surface area contributed by atoms with E-state index >= 15 is 0 Å². The Morgan fingerprint density at radius 2 is 1.80 bits per heavy atom. The minimum Gasteiger partial charge on any atom is -0.342 e. The molecule has 4 nitrogen and oxygen atoms in total. The Hall–Kier alpha value is -1.84. The maximum Gasteiger partial charge on any atom is 0.228 e. The summed E-state index contributed by atoms with van der Waals surface area (Å²) in [5.41, 5.74) is 2.25. The van der Waals surface area contributed by atoms with Gasteiger partial charge >= 0.3 is 0 Å². The van der Waals surface area contributed by atoms with E-state index in [0.29, 0.717) is 18.9 Å². The quantitative estimate of drug-likeness (QED) is 0.824. The number of amides is 2. The smallest absolute Gasteiger partial charge is 0.228 e. The molecule has 2 saturated heterocycles. The summed E-state index contributed by atoms with van der Waals surface area (Å²) in [5, 5.41) is 0. The Balaban J connectivity index is 1.69. The van der Waals surface area contributed by atoms with E-state index < -0.39 is 0 Å². The zero-order valence-corrected chi connectivity index (χ0v) is 15.9. The average molecular weight is 342 g/mol. The number of anilines is 1. The van der Waals surface area contributed by atoms with Crippen molar-refractivity contribution in [3.63, 3.8) is 0 Å². The largest absolute Gasteiger partial charge is 0.342 e. The van der Waals surface area contributed by atoms with Gasteiger partial charge in [0, 0.05) is 31.7 Å². The molecule has 1 aromatic rings. The summed E-state index contributed by atoms with van der Waals surface area (Å²) in [6.07, 6.45) is 2.61. The van der Waals surface area contributed by atoms with Crippen LogP contribution in [0.2, 0.25) is 0 Å². The van der Waals surface area contributed by atoms with E-state index in [1.807, 2.05) is 17.0 Å². The Bertz CT molecular complexity index is 645. The molecule has 2 atom stereocenters. The number of hydrogen-bond donors (Lipinski definition) is 0. The third-order valence-corrected chi connectivity index (χ3v) is 5.49. The zero-order chi connectivity index (χ0) is 18.2. The maximum absolute atomic E-state index is 12.8. The summed E-state index contributed by atoms with van der Waals surface area (Å²) in [7, 11) is 0. The van der Waals surface area contributed by atoms with Gasteiger partial charge in [-0.2, -0.15) is 0 Å². The first-order valence-corrected chi connectivity index (χ1v) is 9.45. The molecule has 136 valence electrons. The number of hydrogen-bond acceptors (Lipinski definition) is 2. The van der Waals surface area contributed by atoms with Gasteiger partial charge in [0.15, 0.2) is 0 Å². The Morgan fingerprint density at radius 1 is 1.12 bits per heavy atom. The van der Waals surface area contributed by atoms with Crippen LogP contribution in [-0.4, -0.2) is 36.3 Å². The van der Waals surface area contributed by atoms with E-state index in [-0.39, 0.29) is 23.1 Å². The van der Waals surface area contributed by atoms with Crippen LogP contribution in [0.25, 0.3) is 0 Å². The summed E-state index contributed by atoms with van der Waals surface area (Å²) >= 11 is 0. The summed E-state index contributed by atoms with van der Waals surface area (Å²) in [5.74, 6) is 0.594. The fourth-order valence-corrected chi connectivity index (χ4v) is 3.91. The molecule has 1 aromatic carbocycles. The Labute approximate surface area is 151 Å². The van der Waals surface area contributed by atoms with Gasteiger partial charge in [-0.1, -0.05) is 39.8 Å². The molecule has 2 fully saturated rings. The van der Waals surface area contributed by atoms with Crippen molar-refractivity contribution in [2.75, 3.05) is 24.5 Å². The Morgan fingerprint density at radius 3 is 2.40 bits per heavy atom. The second-order valence-corrected chi connectivity index (χ2v) is 8.73. The summed E-state index contributed by atoms with van der Waals surface area (Å²) in [4.78, 5) is 29.0. The van der Waals surface area contributed by atoms with Crippen molar-refractivity contribution in [2.24, 2.45) is 11.8 Å². The standard InChI is InChI=1S/C21H30N2O2/c1-15-6-5-11-22(13-15)20(25)16-12-19(24)23(14-16)18-9-7-17(8-10-18)21(2,3)4/h7-10,15-16H,5-6,11-14H2,1-4H3. The SMILES string of the molecule is CC1CCCN(C(=O)C2CC(=O)N(c3ccc(C(C)(C)C)cc3)C2)C1. The number of nitrogens with zero attached hydrogens (tertiary/aromatic N) is 2. The fourth-order valence-electron chi connectivity index (χ4n) is 3.91. The summed E-state index contributed by atoms with van der Waals surface area (Å²) in [6.45, 7) is 10.9. The van der Waals surface area contributed by atoms with Crippen molar-refractivity contribution in [1.82, 2.24) is 4.90 Å². The molecule has 0 aliphatic carbocycles. The van der Waals surface area contributed by atoms with Crippen LogP contribution in [0.15, 0.2) is 24.3 Å². The molecule has 0 aromatic heterocycles. The second kappa shape index (κ2) is 6.81. The average Bonchev–Trinajstić information content (AvgIpc) is 2.95. The number of piperidine rings is 1. The lowest BCUT2D eigenvalue weighted by atomic mass is 9.87. The van der Waals surface area contributed by atoms with Crippen LogP contribution in [-0.2, 0) is 15.0 Å². The van der Waals surface area contributed by atoms with E-state index in [1.54, 1.807) is 4.90 Å². The lowest BCUT2D eigenvalue weighted by Gasteiger charge is -2.32. The first-order valence-electron chi connectivity index (χ1n) is 9.45. The van der Waals surface area contributed by atoms with E-state index in [1.165, 1.54) is 12.0 Å². The highest BCUT2D eigenvalue weighted by Gasteiger charge is 2.38. The molecular formula is C21H30N2O2. The third-order valence-electron chi connectivity index (χ3n) is 5.49. The highest BCUT2D eigenvalue weighted by molar-refractivity contribution is 6.00. The molecule has 2 amide bonds. The van der Waals surface area contributed by atoms with Gasteiger partial charge in [0.2, 0.25) is 11.8 Å². The minimum absolute atomic E-state index is 0.0620. The summed E-state index contributed by atoms with van der Waals surface area (Å²) in [6, 6.07) is 8.19. The molecule has 2 unspecified atom stereocenters. The zero-order valence-electron chi connectivity index (χ0n) is 15.9. The van der Waals surface area contributed by atoms with Crippen molar-refractivity contribution in [1.29, 1.82) is 0 Å². The molecule has 0 radical (unpaired) electrons. The van der Waals surface area contributed by atoms with Crippen molar-refractivity contribution in [3.05, 3.63) is 29.8 Å². The van der Waals surface area contributed by atoms with Gasteiger partial charge in [-0.15, -0.1) is 0 Å². The van der Waals surface area contributed by atoms with Crippen LogP contribution < -0.4 is 4.90 Å². The molecule has 0 saturated carbocycles. The normalized spacial score (nSPS) is 24.7. The van der Waals surface area contributed by atoms with Gasteiger partial charge in [-0.05, 0) is 41.9 Å². The van der Waals surface area contributed by atoms with Crippen LogP contribution in [0.4, 0.5) is 5.69 Å². The maximum atomic E-state index is 12.8. The second-order valence-electron chi connectivity index (χ2n) is 8.73. The molecule has 2 heterocycles. The topological polar surface area (TPSA) is 40.6 Å². The number of rotatable bonds is 2. The van der Waals surface area contributed by atoms with E-state index in [9.17, 15) is 9.59 Å². The van der Waals surface area contributed by atoms with E-state index in [2.05, 4.69) is 39.8 Å². The van der Waals surface area contributed by atoms with Gasteiger partial charge in [0.25, 0.3) is 0 Å². The number of benzene rings is 1. The van der Waals surface area contributed by atoms with Crippen molar-refractivity contribution in [2.45, 2.75) is 52.4 Å². The van der Waals surface area contributed by atoms with Crippen molar-refractivity contribution < 1.29 is 9.59 Å². The van der Waals surface area contributed by atoms with Gasteiger partial charge in [-0.3, -0.25) is 9.59 Å². The molecule has 0 spiro atoms. The fraction of sp³-hybridized carbons (Fsp3) is 0.619. The number of carbonyl (C=O) groups is 2. The van der Waals surface area contributed by atoms with Gasteiger partial charge in [0.05, 0.1) is 5.92 Å². The van der Waals surface area contributed by atoms with Gasteiger partial charge < -0.3 is 9.80 Å². The van der Waals surface area contributed by atoms with Crippen LogP contribution >= 0.6 is 0 Å². The highest BCUT2D eigenvalue weighted by atomic mass is 16.2. The van der Waals surface area contributed by atoms with Crippen LogP contribution in [0.3, 0.4) is 0 Å². The number of likely N-dealkylation sites (tertiary alicyclic amines) is 1. The first-order chi connectivity index (χ1) is 11.8. The molecule has 2 aliphatic heterocycles. The third kappa shape index (κ3) is 3.88. The van der Waals surface area contributed by atoms with E-state index in [4.69, 9.17) is 0 Å². The lowest BCUT2D eigenvalue weighted by Crippen LogP contribution is -2.43. The molecule has 0 bridgehead atoms. The van der Waals surface area contributed by atoms with E-state index in [0.717, 1.165) is 25.2 Å². The molecular weight excluding hydrogens is 312 g/mol. The molecule has 4 heteroatoms. The van der Waals surface area contributed by atoms with Crippen LogP contribution in [0.5, 0.6) is 0 Å². The van der Waals surface area contributed by atoms with Crippen LogP contribution in [0, 0.1) is 11.8 Å². The molecule has 25 heavy (non-hydrogen) atoms. The molecule has 3 rings (SSSR count). The predicted molar refractivity (Wildman–Crippen MR) is 101 cm³/mol. The van der Waals surface area contributed by atoms with Gasteiger partial charge in [-0.25, -0.2) is 0 Å². The predicted octanol–water partition coefficient (Wildman–Crippen LogP) is 3.60. The lowest BCUT2D eigenvalue weighted by molar-refractivity contribution is -0.137. The Kier molecular flexibility index (Phi) is 4.90. The van der Waals surface area contributed by atoms with Crippen molar-refractivity contribution >= 4 is 17.5 Å². The first kappa shape index (κ1) is 18.0. The van der Waals surface area contributed by atoms with Gasteiger partial charge in [0.1, 0.15) is 0 Å². The van der Waals surface area contributed by atoms with Crippen molar-refractivity contribution in [3.8, 4) is 0 Å². The summed E-state index contributed by atoms with van der Waals surface area (Å²) < 4.78 is 0. The highest BCUT2D eigenvalue weighted by Crippen LogP contribution is 2.30.